The molecule has 0 amide bonds. The molecule has 0 radical (unpaired) electrons. The molecular weight excluding hydrogens is 336 g/mol. The predicted molar refractivity (Wildman–Crippen MR) is 121 cm³/mol. The molecule has 0 aromatic heterocycles. The highest BCUT2D eigenvalue weighted by atomic mass is 14.1. The van der Waals surface area contributed by atoms with E-state index in [-0.39, 0.29) is 0 Å². The van der Waals surface area contributed by atoms with E-state index in [2.05, 4.69) is 127 Å². The molecule has 0 saturated carbocycles. The molecule has 0 nitrogen and oxygen atoms in total. The van der Waals surface area contributed by atoms with E-state index in [1.54, 1.807) is 0 Å². The summed E-state index contributed by atoms with van der Waals surface area (Å²) >= 11 is 0. The van der Waals surface area contributed by atoms with Crippen LogP contribution in [0.5, 0.6) is 0 Å². The Morgan fingerprint density at radius 1 is 0.429 bits per heavy atom. The molecule has 0 bridgehead atoms. The van der Waals surface area contributed by atoms with Crippen LogP contribution in [0.4, 0.5) is 0 Å². The molecule has 4 rings (SSSR count). The summed E-state index contributed by atoms with van der Waals surface area (Å²) in [6.45, 7) is 0. The van der Waals surface area contributed by atoms with E-state index in [9.17, 15) is 0 Å². The fraction of sp³-hybridized carbons (Fsp3) is 0. The van der Waals surface area contributed by atoms with Crippen molar-refractivity contribution in [1.82, 2.24) is 0 Å². The van der Waals surface area contributed by atoms with E-state index in [4.69, 9.17) is 0 Å². The maximum absolute atomic E-state index is 2.24. The van der Waals surface area contributed by atoms with Crippen LogP contribution in [0.25, 0.3) is 17.2 Å². The Morgan fingerprint density at radius 3 is 1.29 bits per heavy atom. The molecule has 0 aliphatic carbocycles. The average molecular weight is 358 g/mol. The van der Waals surface area contributed by atoms with Gasteiger partial charge in [0.15, 0.2) is 0 Å². The average Bonchev–Trinajstić information content (AvgIpc) is 2.79. The van der Waals surface area contributed by atoms with E-state index in [1.807, 2.05) is 6.07 Å². The smallest absolute Gasteiger partial charge is 0.00328 e. The molecule has 0 N–H and O–H groups in total. The lowest BCUT2D eigenvalue weighted by Crippen LogP contribution is -1.93. The molecule has 0 fully saturated rings. The summed E-state index contributed by atoms with van der Waals surface area (Å²) in [5.41, 5.74) is 7.27. The van der Waals surface area contributed by atoms with Crippen LogP contribution in [-0.4, -0.2) is 0 Å². The Morgan fingerprint density at radius 2 is 0.821 bits per heavy atom. The van der Waals surface area contributed by atoms with Gasteiger partial charge >= 0.3 is 0 Å². The van der Waals surface area contributed by atoms with E-state index >= 15 is 0 Å². The van der Waals surface area contributed by atoms with E-state index in [1.165, 1.54) is 33.4 Å². The summed E-state index contributed by atoms with van der Waals surface area (Å²) in [7, 11) is 0. The third-order valence-electron chi connectivity index (χ3n) is 4.72. The minimum Gasteiger partial charge on any atom is -0.0622 e. The van der Waals surface area contributed by atoms with E-state index in [0.29, 0.717) is 0 Å². The topological polar surface area (TPSA) is 0 Å². The van der Waals surface area contributed by atoms with Gasteiger partial charge in [0.2, 0.25) is 0 Å². The first kappa shape index (κ1) is 17.8. The standard InChI is InChI=1S/C28H22/c1-5-13-23(14-6-1)21-22-27(24-15-7-2-8-16-24)28(25-17-9-3-10-18-25)26-19-11-4-12-20-26/h1-22H/b22-21+. The molecule has 0 heteroatoms. The van der Waals surface area contributed by atoms with Gasteiger partial charge in [0, 0.05) is 0 Å². The molecule has 4 aromatic carbocycles. The normalized spacial score (nSPS) is 10.7. The Balaban J connectivity index is 1.96. The summed E-state index contributed by atoms with van der Waals surface area (Å²) in [5, 5.41) is 0. The second-order valence-corrected chi connectivity index (χ2v) is 6.63. The van der Waals surface area contributed by atoms with Crippen molar-refractivity contribution in [2.75, 3.05) is 0 Å². The van der Waals surface area contributed by atoms with Gasteiger partial charge in [-0.15, -0.1) is 0 Å². The van der Waals surface area contributed by atoms with Crippen LogP contribution in [-0.2, 0) is 0 Å². The summed E-state index contributed by atoms with van der Waals surface area (Å²) in [5.74, 6) is 0. The molecule has 0 saturated heterocycles. The van der Waals surface area contributed by atoms with Crippen LogP contribution in [0, 0.1) is 0 Å². The van der Waals surface area contributed by atoms with Crippen molar-refractivity contribution in [1.29, 1.82) is 0 Å². The summed E-state index contributed by atoms with van der Waals surface area (Å²) in [6, 6.07) is 42.3. The Kier molecular flexibility index (Phi) is 5.60. The minimum absolute atomic E-state index is 1.19. The van der Waals surface area contributed by atoms with Gasteiger partial charge in [0.05, 0.1) is 0 Å². The molecule has 0 unspecified atom stereocenters. The molecular formula is C28H22. The largest absolute Gasteiger partial charge is 0.0622 e. The molecule has 4 aromatic rings. The summed E-state index contributed by atoms with van der Waals surface area (Å²) < 4.78 is 0. The summed E-state index contributed by atoms with van der Waals surface area (Å²) in [4.78, 5) is 0. The van der Waals surface area contributed by atoms with Crippen molar-refractivity contribution >= 4 is 17.2 Å². The number of hydrogen-bond acceptors (Lipinski definition) is 0. The summed E-state index contributed by atoms with van der Waals surface area (Å²) in [6.07, 6.45) is 4.42. The van der Waals surface area contributed by atoms with Crippen molar-refractivity contribution in [3.63, 3.8) is 0 Å². The predicted octanol–water partition coefficient (Wildman–Crippen LogP) is 7.36. The van der Waals surface area contributed by atoms with Crippen molar-refractivity contribution < 1.29 is 0 Å². The van der Waals surface area contributed by atoms with Crippen molar-refractivity contribution in [3.05, 3.63) is 150 Å². The lowest BCUT2D eigenvalue weighted by atomic mass is 9.89. The molecule has 0 spiro atoms. The third kappa shape index (κ3) is 4.19. The second kappa shape index (κ2) is 8.83. The highest BCUT2D eigenvalue weighted by molar-refractivity contribution is 6.03. The lowest BCUT2D eigenvalue weighted by molar-refractivity contribution is 1.53. The lowest BCUT2D eigenvalue weighted by Gasteiger charge is -2.15. The van der Waals surface area contributed by atoms with Crippen LogP contribution >= 0.6 is 0 Å². The Hall–Kier alpha value is -3.64. The van der Waals surface area contributed by atoms with Gasteiger partial charge in [-0.3, -0.25) is 0 Å². The highest BCUT2D eigenvalue weighted by Crippen LogP contribution is 2.33. The number of allylic oxidation sites excluding steroid dienone is 2. The molecule has 28 heavy (non-hydrogen) atoms. The Labute approximate surface area is 167 Å². The van der Waals surface area contributed by atoms with Crippen LogP contribution in [0.15, 0.2) is 127 Å². The molecule has 134 valence electrons. The zero-order valence-electron chi connectivity index (χ0n) is 15.7. The third-order valence-corrected chi connectivity index (χ3v) is 4.72. The zero-order chi connectivity index (χ0) is 19.0. The quantitative estimate of drug-likeness (QED) is 0.258. The number of benzene rings is 4. The maximum Gasteiger partial charge on any atom is -0.00328 e. The molecule has 0 atom stereocenters. The Bertz CT molecular complexity index is 1020. The van der Waals surface area contributed by atoms with E-state index in [0.717, 1.165) is 0 Å². The van der Waals surface area contributed by atoms with Gasteiger partial charge in [-0.05, 0) is 33.4 Å². The first-order valence-electron chi connectivity index (χ1n) is 9.55. The zero-order valence-corrected chi connectivity index (χ0v) is 15.7. The van der Waals surface area contributed by atoms with Gasteiger partial charge in [-0.1, -0.05) is 133 Å². The fourth-order valence-electron chi connectivity index (χ4n) is 3.37. The van der Waals surface area contributed by atoms with Gasteiger partial charge in [-0.2, -0.15) is 0 Å². The highest BCUT2D eigenvalue weighted by Gasteiger charge is 2.11. The van der Waals surface area contributed by atoms with Gasteiger partial charge in [-0.25, -0.2) is 0 Å². The van der Waals surface area contributed by atoms with Crippen LogP contribution < -0.4 is 0 Å². The monoisotopic (exact) mass is 358 g/mol. The molecule has 0 heterocycles. The van der Waals surface area contributed by atoms with Crippen LogP contribution in [0.1, 0.15) is 22.3 Å². The van der Waals surface area contributed by atoms with Gasteiger partial charge in [0.25, 0.3) is 0 Å². The molecule has 0 aliphatic heterocycles. The first-order valence-corrected chi connectivity index (χ1v) is 9.55. The van der Waals surface area contributed by atoms with Crippen LogP contribution in [0.3, 0.4) is 0 Å². The SMILES string of the molecule is C(=C\c1ccccc1)/C(=C(c1ccccc1)c1ccccc1)c1ccccc1. The first-order chi connectivity index (χ1) is 13.9. The van der Waals surface area contributed by atoms with Gasteiger partial charge in [0.1, 0.15) is 0 Å². The maximum atomic E-state index is 2.24. The van der Waals surface area contributed by atoms with Crippen molar-refractivity contribution in [2.24, 2.45) is 0 Å². The number of rotatable bonds is 5. The second-order valence-electron chi connectivity index (χ2n) is 6.63. The fourth-order valence-corrected chi connectivity index (χ4v) is 3.37. The van der Waals surface area contributed by atoms with E-state index < -0.39 is 0 Å². The van der Waals surface area contributed by atoms with Crippen molar-refractivity contribution in [3.8, 4) is 0 Å². The van der Waals surface area contributed by atoms with Gasteiger partial charge < -0.3 is 0 Å². The minimum atomic E-state index is 1.19. The van der Waals surface area contributed by atoms with Crippen molar-refractivity contribution in [2.45, 2.75) is 0 Å². The van der Waals surface area contributed by atoms with Crippen LogP contribution in [0.2, 0.25) is 0 Å². The number of hydrogen-bond donors (Lipinski definition) is 0. The molecule has 0 aliphatic rings.